The molecule has 0 saturated heterocycles. The van der Waals surface area contributed by atoms with Gasteiger partial charge in [0.1, 0.15) is 23.0 Å². The van der Waals surface area contributed by atoms with E-state index in [2.05, 4.69) is 9.97 Å². The molecule has 0 saturated carbocycles. The molecule has 0 fully saturated rings. The minimum absolute atomic E-state index is 0.0940. The molecule has 0 spiro atoms. The summed E-state index contributed by atoms with van der Waals surface area (Å²) in [6.45, 7) is 0.0940. The quantitative estimate of drug-likeness (QED) is 0.676. The molecule has 108 valence electrons. The third-order valence-electron chi connectivity index (χ3n) is 3.09. The van der Waals surface area contributed by atoms with Crippen LogP contribution in [0.4, 0.5) is 8.78 Å². The first kappa shape index (κ1) is 14.2. The maximum Gasteiger partial charge on any atom is 0.160 e. The van der Waals surface area contributed by atoms with E-state index in [-0.39, 0.29) is 18.0 Å². The van der Waals surface area contributed by atoms with Gasteiger partial charge in [0.15, 0.2) is 5.65 Å². The van der Waals surface area contributed by atoms with Crippen molar-refractivity contribution in [2.24, 2.45) is 0 Å². The van der Waals surface area contributed by atoms with Crippen molar-refractivity contribution >= 4 is 34.4 Å². The summed E-state index contributed by atoms with van der Waals surface area (Å²) in [6, 6.07) is 4.97. The van der Waals surface area contributed by atoms with Gasteiger partial charge in [-0.1, -0.05) is 11.6 Å². The highest BCUT2D eigenvalue weighted by atomic mass is 35.5. The second-order valence-electron chi connectivity index (χ2n) is 4.48. The van der Waals surface area contributed by atoms with Crippen LogP contribution in [-0.2, 0) is 12.4 Å². The summed E-state index contributed by atoms with van der Waals surface area (Å²) in [7, 11) is 0. The molecule has 7 heteroatoms. The third kappa shape index (κ3) is 2.71. The Balaban J connectivity index is 2.13. The minimum Gasteiger partial charge on any atom is -0.307 e. The zero-order valence-electron chi connectivity index (χ0n) is 10.7. The van der Waals surface area contributed by atoms with Gasteiger partial charge in [-0.05, 0) is 24.3 Å². The molecule has 0 bridgehead atoms. The predicted octanol–water partition coefficient (Wildman–Crippen LogP) is 4.15. The minimum atomic E-state index is -0.501. The maximum absolute atomic E-state index is 13.8. The van der Waals surface area contributed by atoms with Crippen molar-refractivity contribution in [2.75, 3.05) is 0 Å². The van der Waals surface area contributed by atoms with Gasteiger partial charge in [0.25, 0.3) is 0 Å². The van der Waals surface area contributed by atoms with Crippen LogP contribution in [0.5, 0.6) is 0 Å². The monoisotopic (exact) mass is 327 g/mol. The van der Waals surface area contributed by atoms with E-state index in [1.165, 1.54) is 6.20 Å². The summed E-state index contributed by atoms with van der Waals surface area (Å²) in [5.41, 5.74) is 1.30. The van der Waals surface area contributed by atoms with E-state index in [9.17, 15) is 8.78 Å². The Morgan fingerprint density at radius 2 is 2.00 bits per heavy atom. The number of fused-ring (bicyclic) bond motifs is 1. The number of imidazole rings is 1. The number of benzene rings is 1. The number of rotatable bonds is 3. The van der Waals surface area contributed by atoms with Gasteiger partial charge in [0, 0.05) is 11.8 Å². The molecule has 0 radical (unpaired) electrons. The number of halogens is 4. The first-order valence-corrected chi connectivity index (χ1v) is 7.00. The first-order valence-electron chi connectivity index (χ1n) is 6.09. The van der Waals surface area contributed by atoms with E-state index in [4.69, 9.17) is 23.2 Å². The Morgan fingerprint density at radius 1 is 1.19 bits per heavy atom. The summed E-state index contributed by atoms with van der Waals surface area (Å²) < 4.78 is 28.7. The van der Waals surface area contributed by atoms with E-state index in [1.54, 1.807) is 10.6 Å². The third-order valence-corrected chi connectivity index (χ3v) is 3.53. The van der Waals surface area contributed by atoms with Gasteiger partial charge in [0.05, 0.1) is 17.4 Å². The number of pyridine rings is 1. The van der Waals surface area contributed by atoms with Crippen LogP contribution in [-0.4, -0.2) is 14.5 Å². The SMILES string of the molecule is Fc1ccc(F)c(Cn2c(CCl)nc3cc(Cl)cnc32)c1. The zero-order chi connectivity index (χ0) is 15.0. The van der Waals surface area contributed by atoms with Crippen molar-refractivity contribution < 1.29 is 8.78 Å². The summed E-state index contributed by atoms with van der Waals surface area (Å²) in [5.74, 6) is -0.345. The summed E-state index contributed by atoms with van der Waals surface area (Å²) in [4.78, 5) is 8.50. The lowest BCUT2D eigenvalue weighted by atomic mass is 10.2. The van der Waals surface area contributed by atoms with Crippen molar-refractivity contribution in [1.82, 2.24) is 14.5 Å². The van der Waals surface area contributed by atoms with Gasteiger partial charge >= 0.3 is 0 Å². The molecule has 3 aromatic rings. The molecular weight excluding hydrogens is 319 g/mol. The van der Waals surface area contributed by atoms with Crippen LogP contribution >= 0.6 is 23.2 Å². The summed E-state index contributed by atoms with van der Waals surface area (Å²) in [5, 5.41) is 0.449. The Bertz CT molecular complexity index is 817. The standard InChI is InChI=1S/C14H9Cl2F2N3/c15-5-13-20-12-4-9(16)6-19-14(12)21(13)7-8-3-10(17)1-2-11(8)18/h1-4,6H,5,7H2. The number of hydrogen-bond acceptors (Lipinski definition) is 2. The Hall–Kier alpha value is -1.72. The molecule has 0 unspecified atom stereocenters. The molecule has 0 aliphatic heterocycles. The molecule has 3 rings (SSSR count). The Kier molecular flexibility index (Phi) is 3.78. The lowest BCUT2D eigenvalue weighted by Gasteiger charge is -2.08. The maximum atomic E-state index is 13.8. The normalized spacial score (nSPS) is 11.2. The number of aromatic nitrogens is 3. The van der Waals surface area contributed by atoms with Crippen LogP contribution in [0.25, 0.3) is 11.2 Å². The second-order valence-corrected chi connectivity index (χ2v) is 5.18. The zero-order valence-corrected chi connectivity index (χ0v) is 12.2. The number of hydrogen-bond donors (Lipinski definition) is 0. The first-order chi connectivity index (χ1) is 10.1. The molecule has 0 N–H and O–H groups in total. The van der Waals surface area contributed by atoms with Crippen molar-refractivity contribution in [3.63, 3.8) is 0 Å². The van der Waals surface area contributed by atoms with Crippen LogP contribution in [0.2, 0.25) is 5.02 Å². The van der Waals surface area contributed by atoms with Crippen LogP contribution in [0.3, 0.4) is 0 Å². The smallest absolute Gasteiger partial charge is 0.160 e. The fourth-order valence-electron chi connectivity index (χ4n) is 2.14. The highest BCUT2D eigenvalue weighted by molar-refractivity contribution is 6.31. The average molecular weight is 328 g/mol. The second kappa shape index (κ2) is 5.58. The molecule has 0 aliphatic carbocycles. The van der Waals surface area contributed by atoms with Gasteiger partial charge in [-0.3, -0.25) is 0 Å². The highest BCUT2D eigenvalue weighted by Gasteiger charge is 2.14. The number of alkyl halides is 1. The van der Waals surface area contributed by atoms with Crippen LogP contribution in [0.15, 0.2) is 30.5 Å². The molecule has 3 nitrogen and oxygen atoms in total. The van der Waals surface area contributed by atoms with Crippen molar-refractivity contribution in [2.45, 2.75) is 12.4 Å². The summed E-state index contributed by atoms with van der Waals surface area (Å²) in [6.07, 6.45) is 1.47. The van der Waals surface area contributed by atoms with Gasteiger partial charge in [-0.2, -0.15) is 0 Å². The molecule has 0 aliphatic rings. The highest BCUT2D eigenvalue weighted by Crippen LogP contribution is 2.21. The van der Waals surface area contributed by atoms with Crippen molar-refractivity contribution in [3.05, 3.63) is 58.5 Å². The van der Waals surface area contributed by atoms with Gasteiger partial charge in [0.2, 0.25) is 0 Å². The van der Waals surface area contributed by atoms with Gasteiger partial charge < -0.3 is 4.57 Å². The lowest BCUT2D eigenvalue weighted by Crippen LogP contribution is -2.06. The van der Waals surface area contributed by atoms with Crippen LogP contribution in [0.1, 0.15) is 11.4 Å². The van der Waals surface area contributed by atoms with E-state index >= 15 is 0 Å². The lowest BCUT2D eigenvalue weighted by molar-refractivity contribution is 0.576. The predicted molar refractivity (Wildman–Crippen MR) is 77.6 cm³/mol. The van der Waals surface area contributed by atoms with Crippen molar-refractivity contribution in [1.29, 1.82) is 0 Å². The fourth-order valence-corrected chi connectivity index (χ4v) is 2.49. The topological polar surface area (TPSA) is 30.7 Å². The molecule has 21 heavy (non-hydrogen) atoms. The average Bonchev–Trinajstić information content (AvgIpc) is 2.80. The van der Waals surface area contributed by atoms with E-state index < -0.39 is 11.6 Å². The van der Waals surface area contributed by atoms with Crippen LogP contribution < -0.4 is 0 Å². The van der Waals surface area contributed by atoms with E-state index in [0.717, 1.165) is 18.2 Å². The van der Waals surface area contributed by atoms with Crippen LogP contribution in [0, 0.1) is 11.6 Å². The Morgan fingerprint density at radius 3 is 2.76 bits per heavy atom. The molecule has 0 amide bonds. The molecular formula is C14H9Cl2F2N3. The van der Waals surface area contributed by atoms with Gasteiger partial charge in [-0.25, -0.2) is 18.7 Å². The van der Waals surface area contributed by atoms with Crippen molar-refractivity contribution in [3.8, 4) is 0 Å². The fraction of sp³-hybridized carbons (Fsp3) is 0.143. The van der Waals surface area contributed by atoms with Gasteiger partial charge in [-0.15, -0.1) is 11.6 Å². The van der Waals surface area contributed by atoms with E-state index in [1.807, 2.05) is 0 Å². The number of nitrogens with zero attached hydrogens (tertiary/aromatic N) is 3. The molecule has 2 heterocycles. The largest absolute Gasteiger partial charge is 0.307 e. The Labute approximate surface area is 129 Å². The molecule has 0 atom stereocenters. The molecule has 1 aromatic carbocycles. The molecule has 2 aromatic heterocycles. The summed E-state index contributed by atoms with van der Waals surface area (Å²) >= 11 is 11.7. The van der Waals surface area contributed by atoms with E-state index in [0.29, 0.717) is 22.0 Å².